The van der Waals surface area contributed by atoms with Crippen molar-refractivity contribution < 1.29 is 4.79 Å². The number of hydrogen-bond acceptors (Lipinski definition) is 1. The molecule has 2 aliphatic rings. The molecular weight excluding hydrogens is 124 g/mol. The predicted octanol–water partition coefficient (Wildman–Crippen LogP) is 1.79. The van der Waals surface area contributed by atoms with Crippen molar-refractivity contribution in [3.63, 3.8) is 0 Å². The minimum atomic E-state index is 0.361. The first-order valence-corrected chi connectivity index (χ1v) is 4.01. The SMILES string of the molecule is C[C@H]1CC[C@@H]2C=CC(=O)[C@H]12. The third kappa shape index (κ3) is 0.664. The molecule has 0 heterocycles. The summed E-state index contributed by atoms with van der Waals surface area (Å²) in [6.45, 7) is 2.19. The Labute approximate surface area is 61.1 Å². The first-order valence-electron chi connectivity index (χ1n) is 4.01. The standard InChI is InChI=1S/C9H12O/c1-6-2-3-7-4-5-8(10)9(6)7/h4-7,9H,2-3H2,1H3/t6-,7+,9+/m0/s1. The van der Waals surface area contributed by atoms with Crippen molar-refractivity contribution in [3.8, 4) is 0 Å². The van der Waals surface area contributed by atoms with Gasteiger partial charge in [-0.3, -0.25) is 4.79 Å². The van der Waals surface area contributed by atoms with Crippen molar-refractivity contribution in [3.05, 3.63) is 12.2 Å². The molecule has 0 bridgehead atoms. The van der Waals surface area contributed by atoms with Gasteiger partial charge in [0.1, 0.15) is 0 Å². The molecule has 2 aliphatic carbocycles. The van der Waals surface area contributed by atoms with Gasteiger partial charge in [-0.1, -0.05) is 13.0 Å². The number of allylic oxidation sites excluding steroid dienone is 2. The van der Waals surface area contributed by atoms with Crippen LogP contribution in [0.25, 0.3) is 0 Å². The van der Waals surface area contributed by atoms with Gasteiger partial charge in [-0.25, -0.2) is 0 Å². The van der Waals surface area contributed by atoms with E-state index in [9.17, 15) is 4.79 Å². The van der Waals surface area contributed by atoms with Crippen LogP contribution in [0.3, 0.4) is 0 Å². The lowest BCUT2D eigenvalue weighted by atomic mass is 9.92. The molecule has 3 atom stereocenters. The maximum Gasteiger partial charge on any atom is 0.159 e. The molecule has 0 saturated heterocycles. The van der Waals surface area contributed by atoms with Crippen molar-refractivity contribution in [1.29, 1.82) is 0 Å². The third-order valence-corrected chi connectivity index (χ3v) is 2.87. The molecule has 1 fully saturated rings. The van der Waals surface area contributed by atoms with Crippen LogP contribution in [0.2, 0.25) is 0 Å². The quantitative estimate of drug-likeness (QED) is 0.496. The van der Waals surface area contributed by atoms with Crippen LogP contribution in [0, 0.1) is 17.8 Å². The average molecular weight is 136 g/mol. The Morgan fingerprint density at radius 2 is 2.30 bits per heavy atom. The zero-order chi connectivity index (χ0) is 7.14. The minimum Gasteiger partial charge on any atom is -0.295 e. The van der Waals surface area contributed by atoms with Crippen LogP contribution in [0.15, 0.2) is 12.2 Å². The Morgan fingerprint density at radius 1 is 1.50 bits per heavy atom. The monoisotopic (exact) mass is 136 g/mol. The first kappa shape index (κ1) is 6.14. The van der Waals surface area contributed by atoms with E-state index >= 15 is 0 Å². The van der Waals surface area contributed by atoms with Gasteiger partial charge in [0.05, 0.1) is 0 Å². The topological polar surface area (TPSA) is 17.1 Å². The molecule has 54 valence electrons. The summed E-state index contributed by atoms with van der Waals surface area (Å²) in [5.74, 6) is 1.96. The zero-order valence-electron chi connectivity index (χ0n) is 6.21. The van der Waals surface area contributed by atoms with E-state index in [0.717, 1.165) is 0 Å². The maximum atomic E-state index is 11.2. The molecule has 0 unspecified atom stereocenters. The van der Waals surface area contributed by atoms with Crippen LogP contribution in [-0.4, -0.2) is 5.78 Å². The lowest BCUT2D eigenvalue weighted by Gasteiger charge is -2.10. The fourth-order valence-corrected chi connectivity index (χ4v) is 2.27. The largest absolute Gasteiger partial charge is 0.295 e. The molecule has 2 rings (SSSR count). The summed E-state index contributed by atoms with van der Waals surface area (Å²) < 4.78 is 0. The molecule has 1 heteroatoms. The second-order valence-corrected chi connectivity index (χ2v) is 3.51. The lowest BCUT2D eigenvalue weighted by Crippen LogP contribution is -2.15. The Kier molecular flexibility index (Phi) is 1.19. The van der Waals surface area contributed by atoms with E-state index < -0.39 is 0 Å². The van der Waals surface area contributed by atoms with Gasteiger partial charge in [0, 0.05) is 5.92 Å². The number of carbonyl (C=O) groups is 1. The van der Waals surface area contributed by atoms with Crippen LogP contribution in [-0.2, 0) is 4.79 Å². The lowest BCUT2D eigenvalue weighted by molar-refractivity contribution is -0.118. The van der Waals surface area contributed by atoms with Gasteiger partial charge in [-0.05, 0) is 30.8 Å². The summed E-state index contributed by atoms with van der Waals surface area (Å²) in [5, 5.41) is 0. The zero-order valence-corrected chi connectivity index (χ0v) is 6.21. The average Bonchev–Trinajstić information content (AvgIpc) is 2.40. The van der Waals surface area contributed by atoms with Crippen LogP contribution in [0.4, 0.5) is 0 Å². The summed E-state index contributed by atoms with van der Waals surface area (Å²) in [7, 11) is 0. The highest BCUT2D eigenvalue weighted by molar-refractivity contribution is 5.95. The van der Waals surface area contributed by atoms with Crippen LogP contribution < -0.4 is 0 Å². The second kappa shape index (κ2) is 1.94. The predicted molar refractivity (Wildman–Crippen MR) is 39.5 cm³/mol. The Balaban J connectivity index is 2.25. The molecule has 0 radical (unpaired) electrons. The van der Waals surface area contributed by atoms with E-state index in [2.05, 4.69) is 13.0 Å². The maximum absolute atomic E-state index is 11.2. The van der Waals surface area contributed by atoms with Crippen molar-refractivity contribution >= 4 is 5.78 Å². The highest BCUT2D eigenvalue weighted by Gasteiger charge is 2.38. The normalized spacial score (nSPS) is 44.5. The molecule has 0 amide bonds. The Hall–Kier alpha value is -0.590. The van der Waals surface area contributed by atoms with Crippen molar-refractivity contribution in [1.82, 2.24) is 0 Å². The fraction of sp³-hybridized carbons (Fsp3) is 0.667. The molecule has 0 N–H and O–H groups in total. The molecule has 0 aromatic carbocycles. The van der Waals surface area contributed by atoms with E-state index in [1.54, 1.807) is 6.08 Å². The number of carbonyl (C=O) groups excluding carboxylic acids is 1. The molecule has 0 spiro atoms. The molecule has 0 aromatic rings. The van der Waals surface area contributed by atoms with E-state index in [0.29, 0.717) is 23.5 Å². The highest BCUT2D eigenvalue weighted by atomic mass is 16.1. The van der Waals surface area contributed by atoms with Crippen LogP contribution in [0.1, 0.15) is 19.8 Å². The molecular formula is C9H12O. The minimum absolute atomic E-state index is 0.361. The highest BCUT2D eigenvalue weighted by Crippen LogP contribution is 2.41. The van der Waals surface area contributed by atoms with E-state index in [1.165, 1.54) is 12.8 Å². The smallest absolute Gasteiger partial charge is 0.159 e. The summed E-state index contributed by atoms with van der Waals surface area (Å²) in [6.07, 6.45) is 6.33. The molecule has 1 saturated carbocycles. The Morgan fingerprint density at radius 3 is 3.00 bits per heavy atom. The van der Waals surface area contributed by atoms with Crippen molar-refractivity contribution in [2.24, 2.45) is 17.8 Å². The van der Waals surface area contributed by atoms with Gasteiger partial charge in [0.25, 0.3) is 0 Å². The first-order chi connectivity index (χ1) is 4.79. The molecule has 1 nitrogen and oxygen atoms in total. The van der Waals surface area contributed by atoms with Gasteiger partial charge < -0.3 is 0 Å². The van der Waals surface area contributed by atoms with Crippen molar-refractivity contribution in [2.75, 3.05) is 0 Å². The van der Waals surface area contributed by atoms with Gasteiger partial charge >= 0.3 is 0 Å². The third-order valence-electron chi connectivity index (χ3n) is 2.87. The fourth-order valence-electron chi connectivity index (χ4n) is 2.27. The van der Waals surface area contributed by atoms with Crippen LogP contribution in [0.5, 0.6) is 0 Å². The number of rotatable bonds is 0. The Bertz CT molecular complexity index is 193. The molecule has 0 aliphatic heterocycles. The molecule has 10 heavy (non-hydrogen) atoms. The summed E-state index contributed by atoms with van der Waals surface area (Å²) in [4.78, 5) is 11.2. The van der Waals surface area contributed by atoms with Gasteiger partial charge in [-0.15, -0.1) is 0 Å². The van der Waals surface area contributed by atoms with Crippen LogP contribution >= 0.6 is 0 Å². The van der Waals surface area contributed by atoms with Gasteiger partial charge in [-0.2, -0.15) is 0 Å². The summed E-state index contributed by atoms with van der Waals surface area (Å²) >= 11 is 0. The number of ketones is 1. The second-order valence-electron chi connectivity index (χ2n) is 3.51. The number of hydrogen-bond donors (Lipinski definition) is 0. The van der Waals surface area contributed by atoms with Crippen molar-refractivity contribution in [2.45, 2.75) is 19.8 Å². The van der Waals surface area contributed by atoms with Gasteiger partial charge in [0.2, 0.25) is 0 Å². The van der Waals surface area contributed by atoms with E-state index in [4.69, 9.17) is 0 Å². The van der Waals surface area contributed by atoms with E-state index in [1.807, 2.05) is 0 Å². The van der Waals surface area contributed by atoms with Gasteiger partial charge in [0.15, 0.2) is 5.78 Å². The summed E-state index contributed by atoms with van der Waals surface area (Å²) in [6, 6.07) is 0. The number of fused-ring (bicyclic) bond motifs is 1. The van der Waals surface area contributed by atoms with E-state index in [-0.39, 0.29) is 0 Å². The molecule has 0 aromatic heterocycles. The summed E-state index contributed by atoms with van der Waals surface area (Å²) in [5.41, 5.74) is 0.